The first kappa shape index (κ1) is 19.8. The molecule has 0 saturated heterocycles. The molecule has 2 N–H and O–H groups in total. The van der Waals surface area contributed by atoms with Gasteiger partial charge in [0.25, 0.3) is 0 Å². The minimum Gasteiger partial charge on any atom is -0.508 e. The number of hydrogen-bond donors (Lipinski definition) is 2. The SMILES string of the molecule is CC.CNc1ccc(O)cc1.COc1ccc(Cl)cc1C=O. The van der Waals surface area contributed by atoms with Crippen LogP contribution in [0.25, 0.3) is 0 Å². The van der Waals surface area contributed by atoms with Crippen molar-refractivity contribution in [3.8, 4) is 11.5 Å². The summed E-state index contributed by atoms with van der Waals surface area (Å²) >= 11 is 5.64. The molecule has 0 unspecified atom stereocenters. The van der Waals surface area contributed by atoms with Crippen molar-refractivity contribution in [3.63, 3.8) is 0 Å². The number of aldehydes is 1. The first-order chi connectivity index (χ1) is 10.6. The van der Waals surface area contributed by atoms with E-state index in [-0.39, 0.29) is 0 Å². The molecule has 0 aliphatic heterocycles. The zero-order valence-electron chi connectivity index (χ0n) is 13.3. The van der Waals surface area contributed by atoms with E-state index in [1.54, 1.807) is 30.3 Å². The quantitative estimate of drug-likeness (QED) is 0.639. The molecule has 0 aliphatic rings. The molecule has 0 heterocycles. The molecule has 0 amide bonds. The van der Waals surface area contributed by atoms with E-state index in [4.69, 9.17) is 21.4 Å². The number of halogens is 1. The van der Waals surface area contributed by atoms with Crippen LogP contribution in [0, 0.1) is 0 Å². The first-order valence-corrected chi connectivity index (χ1v) is 7.24. The van der Waals surface area contributed by atoms with Gasteiger partial charge in [0.1, 0.15) is 11.5 Å². The number of nitrogens with one attached hydrogen (secondary N) is 1. The van der Waals surface area contributed by atoms with Crippen LogP contribution in [0.3, 0.4) is 0 Å². The molecule has 4 nitrogen and oxygen atoms in total. The molecule has 0 spiro atoms. The number of aromatic hydroxyl groups is 1. The lowest BCUT2D eigenvalue weighted by Gasteiger charge is -2.01. The second-order valence-electron chi connectivity index (χ2n) is 3.80. The number of phenolic OH excluding ortho intramolecular Hbond substituents is 1. The molecule has 2 aromatic rings. The number of phenols is 1. The van der Waals surface area contributed by atoms with Gasteiger partial charge in [-0.15, -0.1) is 0 Å². The predicted molar refractivity (Wildman–Crippen MR) is 92.4 cm³/mol. The highest BCUT2D eigenvalue weighted by molar-refractivity contribution is 6.30. The number of carbonyl (C=O) groups excluding carboxylic acids is 1. The van der Waals surface area contributed by atoms with E-state index >= 15 is 0 Å². The minimum atomic E-state index is 0.300. The molecular formula is C17H22ClNO3. The van der Waals surface area contributed by atoms with Crippen LogP contribution in [0.15, 0.2) is 42.5 Å². The molecule has 0 radical (unpaired) electrons. The average Bonchev–Trinajstić information content (AvgIpc) is 2.58. The maximum Gasteiger partial charge on any atom is 0.153 e. The van der Waals surface area contributed by atoms with Crippen LogP contribution < -0.4 is 10.1 Å². The number of anilines is 1. The fraction of sp³-hybridized carbons (Fsp3) is 0.235. The lowest BCUT2D eigenvalue weighted by molar-refractivity contribution is 0.112. The normalized spacial score (nSPS) is 8.59. The second kappa shape index (κ2) is 11.5. The Labute approximate surface area is 136 Å². The minimum absolute atomic E-state index is 0.300. The zero-order chi connectivity index (χ0) is 17.0. The largest absolute Gasteiger partial charge is 0.508 e. The summed E-state index contributed by atoms with van der Waals surface area (Å²) in [4.78, 5) is 10.4. The van der Waals surface area contributed by atoms with Gasteiger partial charge in [-0.2, -0.15) is 0 Å². The molecule has 5 heteroatoms. The molecule has 0 bridgehead atoms. The number of hydrogen-bond acceptors (Lipinski definition) is 4. The van der Waals surface area contributed by atoms with Crippen molar-refractivity contribution in [2.24, 2.45) is 0 Å². The molecule has 120 valence electrons. The summed E-state index contributed by atoms with van der Waals surface area (Å²) in [5.41, 5.74) is 1.48. The fourth-order valence-electron chi connectivity index (χ4n) is 1.43. The Morgan fingerprint density at radius 3 is 2.18 bits per heavy atom. The first-order valence-electron chi connectivity index (χ1n) is 6.86. The maximum absolute atomic E-state index is 10.4. The second-order valence-corrected chi connectivity index (χ2v) is 4.24. The highest BCUT2D eigenvalue weighted by Crippen LogP contribution is 2.20. The number of rotatable bonds is 3. The van der Waals surface area contributed by atoms with E-state index in [2.05, 4.69) is 5.32 Å². The van der Waals surface area contributed by atoms with Crippen molar-refractivity contribution in [3.05, 3.63) is 53.1 Å². The lowest BCUT2D eigenvalue weighted by atomic mass is 10.2. The van der Waals surface area contributed by atoms with Gasteiger partial charge < -0.3 is 15.2 Å². The van der Waals surface area contributed by atoms with Gasteiger partial charge >= 0.3 is 0 Å². The van der Waals surface area contributed by atoms with Gasteiger partial charge in [-0.1, -0.05) is 25.4 Å². The molecule has 0 fully saturated rings. The van der Waals surface area contributed by atoms with E-state index in [0.717, 1.165) is 5.69 Å². The van der Waals surface area contributed by atoms with Gasteiger partial charge in [-0.05, 0) is 42.5 Å². The van der Waals surface area contributed by atoms with Crippen LogP contribution in [0.4, 0.5) is 5.69 Å². The highest BCUT2D eigenvalue weighted by atomic mass is 35.5. The number of ether oxygens (including phenoxy) is 1. The third-order valence-electron chi connectivity index (χ3n) is 2.47. The Hall–Kier alpha value is -2.20. The smallest absolute Gasteiger partial charge is 0.153 e. The van der Waals surface area contributed by atoms with Gasteiger partial charge in [-0.25, -0.2) is 0 Å². The summed E-state index contributed by atoms with van der Waals surface area (Å²) in [7, 11) is 3.35. The Kier molecular flexibility index (Phi) is 10.3. The monoisotopic (exact) mass is 323 g/mol. The Morgan fingerprint density at radius 2 is 1.73 bits per heavy atom. The Morgan fingerprint density at radius 1 is 1.14 bits per heavy atom. The molecule has 22 heavy (non-hydrogen) atoms. The van der Waals surface area contributed by atoms with Gasteiger partial charge in [-0.3, -0.25) is 4.79 Å². The van der Waals surface area contributed by atoms with E-state index in [0.29, 0.717) is 28.4 Å². The zero-order valence-corrected chi connectivity index (χ0v) is 14.0. The van der Waals surface area contributed by atoms with Gasteiger partial charge in [0.2, 0.25) is 0 Å². The maximum atomic E-state index is 10.4. The predicted octanol–water partition coefficient (Wildman–Crippen LogP) is 4.62. The van der Waals surface area contributed by atoms with Crippen LogP contribution in [0.2, 0.25) is 5.02 Å². The third-order valence-corrected chi connectivity index (χ3v) is 2.71. The van der Waals surface area contributed by atoms with Crippen LogP contribution in [-0.2, 0) is 0 Å². The van der Waals surface area contributed by atoms with Crippen molar-refractivity contribution in [1.29, 1.82) is 0 Å². The van der Waals surface area contributed by atoms with Crippen LogP contribution >= 0.6 is 11.6 Å². The molecule has 2 aromatic carbocycles. The fourth-order valence-corrected chi connectivity index (χ4v) is 1.61. The number of methoxy groups -OCH3 is 1. The van der Waals surface area contributed by atoms with Crippen molar-refractivity contribution in [1.82, 2.24) is 0 Å². The van der Waals surface area contributed by atoms with Crippen molar-refractivity contribution in [2.45, 2.75) is 13.8 Å². The average molecular weight is 324 g/mol. The molecule has 0 aliphatic carbocycles. The van der Waals surface area contributed by atoms with E-state index in [1.165, 1.54) is 7.11 Å². The van der Waals surface area contributed by atoms with E-state index in [1.807, 2.05) is 33.0 Å². The van der Waals surface area contributed by atoms with Crippen LogP contribution in [0.1, 0.15) is 24.2 Å². The van der Waals surface area contributed by atoms with Gasteiger partial charge in [0, 0.05) is 17.8 Å². The van der Waals surface area contributed by atoms with Crippen LogP contribution in [-0.4, -0.2) is 25.6 Å². The Balaban J connectivity index is 0.000000366. The molecule has 0 atom stereocenters. The van der Waals surface area contributed by atoms with Gasteiger partial charge in [0.15, 0.2) is 6.29 Å². The van der Waals surface area contributed by atoms with E-state index in [9.17, 15) is 4.79 Å². The van der Waals surface area contributed by atoms with E-state index < -0.39 is 0 Å². The number of carbonyl (C=O) groups is 1. The van der Waals surface area contributed by atoms with Crippen molar-refractivity contribution in [2.75, 3.05) is 19.5 Å². The molecular weight excluding hydrogens is 302 g/mol. The third kappa shape index (κ3) is 6.99. The summed E-state index contributed by atoms with van der Waals surface area (Å²) in [6.07, 6.45) is 0.713. The standard InChI is InChI=1S/C8H7ClO2.C7H9NO.C2H6/c1-11-8-3-2-7(9)4-6(8)5-10;1-8-6-2-4-7(9)5-3-6;1-2/h2-5H,1H3;2-5,8-9H,1H3;1-2H3. The summed E-state index contributed by atoms with van der Waals surface area (Å²) in [5, 5.41) is 12.3. The van der Waals surface area contributed by atoms with Crippen molar-refractivity contribution >= 4 is 23.6 Å². The molecule has 2 rings (SSSR count). The van der Waals surface area contributed by atoms with Gasteiger partial charge in [0.05, 0.1) is 12.7 Å². The summed E-state index contributed by atoms with van der Waals surface area (Å²) in [6, 6.07) is 11.8. The summed E-state index contributed by atoms with van der Waals surface area (Å²) in [5.74, 6) is 0.846. The summed E-state index contributed by atoms with van der Waals surface area (Å²) in [6.45, 7) is 4.00. The lowest BCUT2D eigenvalue weighted by Crippen LogP contribution is -1.89. The highest BCUT2D eigenvalue weighted by Gasteiger charge is 2.00. The van der Waals surface area contributed by atoms with Crippen molar-refractivity contribution < 1.29 is 14.6 Å². The number of benzene rings is 2. The molecule has 0 saturated carbocycles. The van der Waals surface area contributed by atoms with Crippen LogP contribution in [0.5, 0.6) is 11.5 Å². The summed E-state index contributed by atoms with van der Waals surface area (Å²) < 4.78 is 4.90. The topological polar surface area (TPSA) is 58.6 Å². The molecule has 0 aromatic heterocycles. The Bertz CT molecular complexity index is 556.